The fourth-order valence-electron chi connectivity index (χ4n) is 2.97. The van der Waals surface area contributed by atoms with Gasteiger partial charge in [0.05, 0.1) is 0 Å². The van der Waals surface area contributed by atoms with E-state index in [1.807, 2.05) is 37.3 Å². The Morgan fingerprint density at radius 3 is 2.79 bits per heavy atom. The topological polar surface area (TPSA) is 57.4 Å². The number of aromatic nitrogens is 2. The molecule has 24 heavy (non-hydrogen) atoms. The predicted molar refractivity (Wildman–Crippen MR) is 89.8 cm³/mol. The smallest absolute Gasteiger partial charge is 0.256 e. The molecule has 124 valence electrons. The highest BCUT2D eigenvalue weighted by molar-refractivity contribution is 5.83. The average molecular weight is 324 g/mol. The van der Waals surface area contributed by atoms with Crippen molar-refractivity contribution in [2.24, 2.45) is 0 Å². The molecule has 1 aliphatic rings. The van der Waals surface area contributed by atoms with Crippen molar-refractivity contribution >= 4 is 10.8 Å². The molecule has 2 aromatic carbocycles. The Labute approximate surface area is 140 Å². The van der Waals surface area contributed by atoms with Gasteiger partial charge in [0, 0.05) is 6.61 Å². The zero-order chi connectivity index (χ0) is 16.4. The molecule has 0 saturated carbocycles. The summed E-state index contributed by atoms with van der Waals surface area (Å²) in [7, 11) is 0. The molecule has 1 fully saturated rings. The van der Waals surface area contributed by atoms with Crippen molar-refractivity contribution in [3.63, 3.8) is 0 Å². The first kappa shape index (κ1) is 15.1. The van der Waals surface area contributed by atoms with Crippen molar-refractivity contribution in [1.29, 1.82) is 0 Å². The van der Waals surface area contributed by atoms with Gasteiger partial charge in [-0.15, -0.1) is 10.2 Å². The molecular weight excluding hydrogens is 304 g/mol. The number of hydrogen-bond donors (Lipinski definition) is 0. The summed E-state index contributed by atoms with van der Waals surface area (Å²) in [6.07, 6.45) is 2.77. The standard InChI is InChI=1S/C19H20N2O3/c1-13(18-20-21-19(24-18)17-8-4-5-11-22-17)23-16-10-9-14-6-2-3-7-15(14)12-16/h2-3,6-7,9-10,12-13,17H,4-5,8,11H2,1H3/t13-,17-/m1/s1. The second kappa shape index (κ2) is 6.61. The van der Waals surface area contributed by atoms with Gasteiger partial charge in [-0.2, -0.15) is 0 Å². The van der Waals surface area contributed by atoms with Crippen LogP contribution in [0.2, 0.25) is 0 Å². The normalized spacial score (nSPS) is 19.3. The predicted octanol–water partition coefficient (Wildman–Crippen LogP) is 4.60. The SMILES string of the molecule is C[C@@H](Oc1ccc2ccccc2c1)c1nnc([C@H]2CCCCO2)o1. The third kappa shape index (κ3) is 3.12. The monoisotopic (exact) mass is 324 g/mol. The number of hydrogen-bond acceptors (Lipinski definition) is 5. The first-order valence-electron chi connectivity index (χ1n) is 8.40. The van der Waals surface area contributed by atoms with Crippen LogP contribution in [0, 0.1) is 0 Å². The van der Waals surface area contributed by atoms with E-state index in [0.29, 0.717) is 11.8 Å². The van der Waals surface area contributed by atoms with Crippen LogP contribution in [0.25, 0.3) is 10.8 Å². The lowest BCUT2D eigenvalue weighted by Gasteiger charge is -2.19. The second-order valence-corrected chi connectivity index (χ2v) is 6.10. The molecule has 4 rings (SSSR count). The maximum atomic E-state index is 5.97. The molecule has 1 aliphatic heterocycles. The molecule has 3 aromatic rings. The third-order valence-corrected chi connectivity index (χ3v) is 4.29. The van der Waals surface area contributed by atoms with Crippen LogP contribution in [0.15, 0.2) is 46.9 Å². The Morgan fingerprint density at radius 1 is 1.08 bits per heavy atom. The maximum absolute atomic E-state index is 5.97. The van der Waals surface area contributed by atoms with Gasteiger partial charge < -0.3 is 13.9 Å². The summed E-state index contributed by atoms with van der Waals surface area (Å²) in [5.74, 6) is 1.82. The van der Waals surface area contributed by atoms with E-state index < -0.39 is 0 Å². The van der Waals surface area contributed by atoms with Crippen molar-refractivity contribution in [1.82, 2.24) is 10.2 Å². The van der Waals surface area contributed by atoms with Crippen molar-refractivity contribution in [3.05, 3.63) is 54.2 Å². The lowest BCUT2D eigenvalue weighted by atomic mass is 10.1. The first-order valence-corrected chi connectivity index (χ1v) is 8.40. The highest BCUT2D eigenvalue weighted by atomic mass is 16.5. The van der Waals surface area contributed by atoms with Crippen LogP contribution in [-0.2, 0) is 4.74 Å². The van der Waals surface area contributed by atoms with E-state index in [-0.39, 0.29) is 12.2 Å². The van der Waals surface area contributed by atoms with Crippen LogP contribution < -0.4 is 4.74 Å². The summed E-state index contributed by atoms with van der Waals surface area (Å²) in [5, 5.41) is 10.6. The van der Waals surface area contributed by atoms with E-state index in [4.69, 9.17) is 13.9 Å². The van der Waals surface area contributed by atoms with E-state index in [1.165, 1.54) is 5.39 Å². The van der Waals surface area contributed by atoms with Crippen molar-refractivity contribution in [3.8, 4) is 5.75 Å². The Bertz CT molecular complexity index is 824. The fourth-order valence-corrected chi connectivity index (χ4v) is 2.97. The molecule has 5 heteroatoms. The van der Waals surface area contributed by atoms with E-state index in [9.17, 15) is 0 Å². The molecule has 2 atom stereocenters. The summed E-state index contributed by atoms with van der Waals surface area (Å²) in [6.45, 7) is 2.67. The van der Waals surface area contributed by atoms with Gasteiger partial charge in [-0.1, -0.05) is 30.3 Å². The molecule has 0 spiro atoms. The van der Waals surface area contributed by atoms with Gasteiger partial charge in [0.25, 0.3) is 5.89 Å². The van der Waals surface area contributed by atoms with Gasteiger partial charge in [-0.3, -0.25) is 0 Å². The molecule has 0 aliphatic carbocycles. The maximum Gasteiger partial charge on any atom is 0.256 e. The minimum absolute atomic E-state index is 0.0760. The van der Waals surface area contributed by atoms with Crippen LogP contribution in [0.5, 0.6) is 5.75 Å². The van der Waals surface area contributed by atoms with E-state index in [1.54, 1.807) is 0 Å². The van der Waals surface area contributed by atoms with Crippen molar-refractivity contribution < 1.29 is 13.9 Å². The van der Waals surface area contributed by atoms with Crippen LogP contribution in [0.4, 0.5) is 0 Å². The quantitative estimate of drug-likeness (QED) is 0.701. The highest BCUT2D eigenvalue weighted by Crippen LogP contribution is 2.29. The molecule has 5 nitrogen and oxygen atoms in total. The summed E-state index contributed by atoms with van der Waals surface area (Å²) in [6, 6.07) is 14.2. The summed E-state index contributed by atoms with van der Waals surface area (Å²) < 4.78 is 17.4. The third-order valence-electron chi connectivity index (χ3n) is 4.29. The summed E-state index contributed by atoms with van der Waals surface area (Å²) in [5.41, 5.74) is 0. The molecule has 0 N–H and O–H groups in total. The van der Waals surface area contributed by atoms with Gasteiger partial charge in [-0.25, -0.2) is 0 Å². The van der Waals surface area contributed by atoms with Gasteiger partial charge in [0.1, 0.15) is 11.9 Å². The molecule has 0 amide bonds. The second-order valence-electron chi connectivity index (χ2n) is 6.10. The average Bonchev–Trinajstić information content (AvgIpc) is 3.13. The fraction of sp³-hybridized carbons (Fsp3) is 0.368. The zero-order valence-electron chi connectivity index (χ0n) is 13.6. The Hall–Kier alpha value is -2.40. The van der Waals surface area contributed by atoms with Crippen LogP contribution in [0.3, 0.4) is 0 Å². The molecule has 0 unspecified atom stereocenters. The Kier molecular flexibility index (Phi) is 4.17. The Balaban J connectivity index is 1.48. The van der Waals surface area contributed by atoms with E-state index in [0.717, 1.165) is 37.0 Å². The minimum Gasteiger partial charge on any atom is -0.481 e. The Morgan fingerprint density at radius 2 is 1.96 bits per heavy atom. The van der Waals surface area contributed by atoms with Crippen LogP contribution >= 0.6 is 0 Å². The lowest BCUT2D eigenvalue weighted by Crippen LogP contribution is -2.11. The largest absolute Gasteiger partial charge is 0.481 e. The van der Waals surface area contributed by atoms with Gasteiger partial charge in [0.2, 0.25) is 5.89 Å². The van der Waals surface area contributed by atoms with Crippen LogP contribution in [-0.4, -0.2) is 16.8 Å². The van der Waals surface area contributed by atoms with Gasteiger partial charge in [-0.05, 0) is 49.1 Å². The number of rotatable bonds is 4. The zero-order valence-corrected chi connectivity index (χ0v) is 13.6. The number of fused-ring (bicyclic) bond motifs is 1. The van der Waals surface area contributed by atoms with Crippen LogP contribution in [0.1, 0.15) is 50.2 Å². The van der Waals surface area contributed by atoms with Crippen molar-refractivity contribution in [2.75, 3.05) is 6.61 Å². The molecule has 1 aromatic heterocycles. The van der Waals surface area contributed by atoms with E-state index in [2.05, 4.69) is 22.3 Å². The molecular formula is C19H20N2O3. The molecule has 0 radical (unpaired) electrons. The molecule has 2 heterocycles. The lowest BCUT2D eigenvalue weighted by molar-refractivity contribution is -0.00311. The van der Waals surface area contributed by atoms with Crippen molar-refractivity contribution in [2.45, 2.75) is 38.4 Å². The first-order chi connectivity index (χ1) is 11.8. The van der Waals surface area contributed by atoms with E-state index >= 15 is 0 Å². The number of ether oxygens (including phenoxy) is 2. The highest BCUT2D eigenvalue weighted by Gasteiger charge is 2.24. The molecule has 1 saturated heterocycles. The van der Waals surface area contributed by atoms with Gasteiger partial charge >= 0.3 is 0 Å². The number of nitrogens with zero attached hydrogens (tertiary/aromatic N) is 2. The summed E-state index contributed by atoms with van der Waals surface area (Å²) >= 11 is 0. The minimum atomic E-state index is -0.309. The molecule has 0 bridgehead atoms. The van der Waals surface area contributed by atoms with Gasteiger partial charge in [0.15, 0.2) is 6.10 Å². The summed E-state index contributed by atoms with van der Waals surface area (Å²) in [4.78, 5) is 0. The number of benzene rings is 2.